The summed E-state index contributed by atoms with van der Waals surface area (Å²) < 4.78 is 6.16. The van der Waals surface area contributed by atoms with Crippen molar-refractivity contribution in [2.45, 2.75) is 0 Å². The Bertz CT molecular complexity index is 996. The van der Waals surface area contributed by atoms with Gasteiger partial charge in [0, 0.05) is 22.0 Å². The summed E-state index contributed by atoms with van der Waals surface area (Å²) in [5.41, 5.74) is 1.68. The lowest BCUT2D eigenvalue weighted by Gasteiger charge is -2.11. The van der Waals surface area contributed by atoms with Gasteiger partial charge in [-0.3, -0.25) is 9.59 Å². The van der Waals surface area contributed by atoms with Crippen molar-refractivity contribution in [1.29, 1.82) is 0 Å². The SMILES string of the molecule is O=C(COc1ccc(Cl)cc1Br)Nc1cccc(NC(=O)c2ccccc2)c1. The minimum Gasteiger partial charge on any atom is -0.483 e. The third kappa shape index (κ3) is 5.58. The molecule has 0 saturated heterocycles. The summed E-state index contributed by atoms with van der Waals surface area (Å²) in [5, 5.41) is 6.11. The van der Waals surface area contributed by atoms with E-state index < -0.39 is 0 Å². The molecule has 0 spiro atoms. The van der Waals surface area contributed by atoms with Gasteiger partial charge in [-0.15, -0.1) is 0 Å². The predicted molar refractivity (Wildman–Crippen MR) is 114 cm³/mol. The molecular weight excluding hydrogens is 444 g/mol. The molecule has 7 heteroatoms. The molecule has 0 fully saturated rings. The Balaban J connectivity index is 1.57. The van der Waals surface area contributed by atoms with Crippen LogP contribution < -0.4 is 15.4 Å². The zero-order chi connectivity index (χ0) is 19.9. The number of hydrogen-bond donors (Lipinski definition) is 2. The van der Waals surface area contributed by atoms with Crippen LogP contribution in [0.4, 0.5) is 11.4 Å². The van der Waals surface area contributed by atoms with Gasteiger partial charge in [-0.1, -0.05) is 35.9 Å². The lowest BCUT2D eigenvalue weighted by Crippen LogP contribution is -2.20. The highest BCUT2D eigenvalue weighted by Gasteiger charge is 2.09. The van der Waals surface area contributed by atoms with E-state index >= 15 is 0 Å². The van der Waals surface area contributed by atoms with Gasteiger partial charge < -0.3 is 15.4 Å². The topological polar surface area (TPSA) is 67.4 Å². The van der Waals surface area contributed by atoms with Gasteiger partial charge in [0.25, 0.3) is 11.8 Å². The molecule has 0 saturated carbocycles. The van der Waals surface area contributed by atoms with Crippen LogP contribution in [0.25, 0.3) is 0 Å². The third-order valence-electron chi connectivity index (χ3n) is 3.69. The van der Waals surface area contributed by atoms with Crippen molar-refractivity contribution in [2.75, 3.05) is 17.2 Å². The van der Waals surface area contributed by atoms with E-state index in [4.69, 9.17) is 16.3 Å². The molecule has 3 aromatic carbocycles. The fraction of sp³-hybridized carbons (Fsp3) is 0.0476. The highest BCUT2D eigenvalue weighted by Crippen LogP contribution is 2.28. The minimum absolute atomic E-state index is 0.166. The van der Waals surface area contributed by atoms with Crippen molar-refractivity contribution < 1.29 is 14.3 Å². The van der Waals surface area contributed by atoms with Crippen molar-refractivity contribution in [2.24, 2.45) is 0 Å². The average Bonchev–Trinajstić information content (AvgIpc) is 2.68. The second-order valence-electron chi connectivity index (χ2n) is 5.81. The lowest BCUT2D eigenvalue weighted by atomic mass is 10.2. The van der Waals surface area contributed by atoms with Crippen LogP contribution in [0.15, 0.2) is 77.3 Å². The zero-order valence-electron chi connectivity index (χ0n) is 14.6. The Labute approximate surface area is 175 Å². The summed E-state index contributed by atoms with van der Waals surface area (Å²) in [4.78, 5) is 24.4. The van der Waals surface area contributed by atoms with Gasteiger partial charge in [0.15, 0.2) is 6.61 Å². The van der Waals surface area contributed by atoms with Crippen molar-refractivity contribution >= 4 is 50.7 Å². The highest BCUT2D eigenvalue weighted by atomic mass is 79.9. The number of nitrogens with one attached hydrogen (secondary N) is 2. The second kappa shape index (κ2) is 9.39. The number of rotatable bonds is 6. The smallest absolute Gasteiger partial charge is 0.262 e. The fourth-order valence-corrected chi connectivity index (χ4v) is 3.20. The molecule has 0 radical (unpaired) electrons. The molecule has 0 aliphatic carbocycles. The van der Waals surface area contributed by atoms with Crippen molar-refractivity contribution in [3.05, 3.63) is 87.9 Å². The van der Waals surface area contributed by atoms with Crippen LogP contribution >= 0.6 is 27.5 Å². The van der Waals surface area contributed by atoms with Gasteiger partial charge in [-0.2, -0.15) is 0 Å². The number of hydrogen-bond acceptors (Lipinski definition) is 3. The molecule has 0 aliphatic rings. The van der Waals surface area contributed by atoms with Gasteiger partial charge in [0.2, 0.25) is 0 Å². The number of carbonyl (C=O) groups is 2. The number of ether oxygens (including phenoxy) is 1. The molecular formula is C21H16BrClN2O3. The van der Waals surface area contributed by atoms with Crippen LogP contribution in [0.2, 0.25) is 5.02 Å². The quantitative estimate of drug-likeness (QED) is 0.520. The number of anilines is 2. The van der Waals surface area contributed by atoms with E-state index in [1.54, 1.807) is 66.7 Å². The molecule has 0 aromatic heterocycles. The molecule has 0 aliphatic heterocycles. The summed E-state index contributed by atoms with van der Waals surface area (Å²) in [6.45, 7) is -0.166. The maximum atomic E-state index is 12.2. The van der Waals surface area contributed by atoms with E-state index in [2.05, 4.69) is 26.6 Å². The summed E-state index contributed by atoms with van der Waals surface area (Å²) >= 11 is 9.22. The highest BCUT2D eigenvalue weighted by molar-refractivity contribution is 9.10. The summed E-state index contributed by atoms with van der Waals surface area (Å²) in [6.07, 6.45) is 0. The summed E-state index contributed by atoms with van der Waals surface area (Å²) in [6, 6.07) is 20.8. The summed E-state index contributed by atoms with van der Waals surface area (Å²) in [5.74, 6) is -0.0307. The molecule has 2 amide bonds. The first-order chi connectivity index (χ1) is 13.5. The van der Waals surface area contributed by atoms with Crippen LogP contribution in [0.1, 0.15) is 10.4 Å². The Morgan fingerprint density at radius 3 is 2.32 bits per heavy atom. The molecule has 3 aromatic rings. The number of benzene rings is 3. The van der Waals surface area contributed by atoms with E-state index in [1.807, 2.05) is 6.07 Å². The first-order valence-corrected chi connectivity index (χ1v) is 9.52. The lowest BCUT2D eigenvalue weighted by molar-refractivity contribution is -0.118. The maximum Gasteiger partial charge on any atom is 0.262 e. The Morgan fingerprint density at radius 1 is 0.893 bits per heavy atom. The normalized spacial score (nSPS) is 10.2. The van der Waals surface area contributed by atoms with Gasteiger partial charge in [-0.05, 0) is 64.5 Å². The maximum absolute atomic E-state index is 12.2. The van der Waals surface area contributed by atoms with Gasteiger partial charge >= 0.3 is 0 Å². The molecule has 142 valence electrons. The van der Waals surface area contributed by atoms with E-state index in [0.29, 0.717) is 32.2 Å². The van der Waals surface area contributed by atoms with Crippen LogP contribution in [-0.2, 0) is 4.79 Å². The van der Waals surface area contributed by atoms with Crippen molar-refractivity contribution in [3.63, 3.8) is 0 Å². The molecule has 0 heterocycles. The van der Waals surface area contributed by atoms with E-state index in [1.165, 1.54) is 0 Å². The van der Waals surface area contributed by atoms with E-state index in [0.717, 1.165) is 0 Å². The zero-order valence-corrected chi connectivity index (χ0v) is 17.0. The molecule has 0 atom stereocenters. The van der Waals surface area contributed by atoms with Crippen molar-refractivity contribution in [3.8, 4) is 5.75 Å². The molecule has 5 nitrogen and oxygen atoms in total. The molecule has 3 rings (SSSR count). The van der Waals surface area contributed by atoms with Crippen LogP contribution in [0, 0.1) is 0 Å². The molecule has 0 unspecified atom stereocenters. The first kappa shape index (κ1) is 19.9. The van der Waals surface area contributed by atoms with Gasteiger partial charge in [-0.25, -0.2) is 0 Å². The second-order valence-corrected chi connectivity index (χ2v) is 7.10. The standard InChI is InChI=1S/C21H16BrClN2O3/c22-18-11-15(23)9-10-19(18)28-13-20(26)24-16-7-4-8-17(12-16)25-21(27)14-5-2-1-3-6-14/h1-12H,13H2,(H,24,26)(H,25,27). The minimum atomic E-state index is -0.326. The van der Waals surface area contributed by atoms with Crippen molar-refractivity contribution in [1.82, 2.24) is 0 Å². The molecule has 28 heavy (non-hydrogen) atoms. The largest absolute Gasteiger partial charge is 0.483 e. The van der Waals surface area contributed by atoms with Crippen LogP contribution in [-0.4, -0.2) is 18.4 Å². The van der Waals surface area contributed by atoms with Gasteiger partial charge in [0.05, 0.1) is 4.47 Å². The number of amides is 2. The van der Waals surface area contributed by atoms with Crippen LogP contribution in [0.5, 0.6) is 5.75 Å². The number of halogens is 2. The Kier molecular flexibility index (Phi) is 6.68. The number of carbonyl (C=O) groups excluding carboxylic acids is 2. The third-order valence-corrected chi connectivity index (χ3v) is 4.55. The molecule has 2 N–H and O–H groups in total. The van der Waals surface area contributed by atoms with Crippen LogP contribution in [0.3, 0.4) is 0 Å². The predicted octanol–water partition coefficient (Wildman–Crippen LogP) is 5.37. The van der Waals surface area contributed by atoms with E-state index in [9.17, 15) is 9.59 Å². The fourth-order valence-electron chi connectivity index (χ4n) is 2.40. The Hall–Kier alpha value is -2.83. The first-order valence-electron chi connectivity index (χ1n) is 8.35. The van der Waals surface area contributed by atoms with E-state index in [-0.39, 0.29) is 18.4 Å². The Morgan fingerprint density at radius 2 is 1.61 bits per heavy atom. The molecule has 0 bridgehead atoms. The van der Waals surface area contributed by atoms with Gasteiger partial charge in [0.1, 0.15) is 5.75 Å². The summed E-state index contributed by atoms with van der Waals surface area (Å²) in [7, 11) is 0. The monoisotopic (exact) mass is 458 g/mol. The average molecular weight is 460 g/mol.